The lowest BCUT2D eigenvalue weighted by atomic mass is 9.74. The Labute approximate surface area is 175 Å². The summed E-state index contributed by atoms with van der Waals surface area (Å²) in [6.45, 7) is 2.10. The number of benzene rings is 1. The van der Waals surface area contributed by atoms with Crippen LogP contribution in [0.3, 0.4) is 0 Å². The van der Waals surface area contributed by atoms with Gasteiger partial charge in [0.05, 0.1) is 0 Å². The zero-order valence-electron chi connectivity index (χ0n) is 17.8. The summed E-state index contributed by atoms with van der Waals surface area (Å²) in [5, 5.41) is 8.83. The first-order valence-corrected chi connectivity index (χ1v) is 11.6. The highest BCUT2D eigenvalue weighted by molar-refractivity contribution is 5.36. The van der Waals surface area contributed by atoms with E-state index in [-0.39, 0.29) is 5.92 Å². The predicted molar refractivity (Wildman–Crippen MR) is 115 cm³/mol. The fraction of sp³-hybridized carbons (Fsp3) is 0.654. The molecule has 2 saturated carbocycles. The second-order valence-electron chi connectivity index (χ2n) is 9.30. The van der Waals surface area contributed by atoms with Gasteiger partial charge in [-0.25, -0.2) is 8.78 Å². The zero-order valence-corrected chi connectivity index (χ0v) is 17.8. The van der Waals surface area contributed by atoms with E-state index in [0.717, 1.165) is 49.0 Å². The molecular weight excluding hydrogens is 364 g/mol. The van der Waals surface area contributed by atoms with Gasteiger partial charge in [0, 0.05) is 0 Å². The lowest BCUT2D eigenvalue weighted by Crippen LogP contribution is -2.18. The van der Waals surface area contributed by atoms with Crippen LogP contribution in [0.25, 0.3) is 0 Å². The molecule has 0 bridgehead atoms. The Hall–Kier alpha value is -1.69. The number of rotatable bonds is 7. The molecule has 1 nitrogen and oxygen atoms in total. The van der Waals surface area contributed by atoms with Gasteiger partial charge in [-0.3, -0.25) is 0 Å². The number of nitriles is 1. The molecule has 0 N–H and O–H groups in total. The van der Waals surface area contributed by atoms with E-state index in [1.54, 1.807) is 6.07 Å². The standard InChI is InChI=1S/C26H35F2N/c1-2-3-4-5-19-6-8-20(9-7-19)10-11-21-12-14-22(15-13-21)23-16-25(27)24(18-29)26(28)17-23/h2-3,16-17,19-22H,4-15H2,1H3/b3-2+. The molecule has 0 heterocycles. The van der Waals surface area contributed by atoms with Crippen LogP contribution in [0, 0.1) is 40.7 Å². The first-order chi connectivity index (χ1) is 14.1. The third-order valence-corrected chi connectivity index (χ3v) is 7.42. The van der Waals surface area contributed by atoms with E-state index in [2.05, 4.69) is 19.1 Å². The number of nitrogens with zero attached hydrogens (tertiary/aromatic N) is 1. The molecule has 0 aliphatic heterocycles. The minimum absolute atomic E-state index is 0.232. The Morgan fingerprint density at radius 3 is 1.83 bits per heavy atom. The lowest BCUT2D eigenvalue weighted by Gasteiger charge is -2.32. The summed E-state index contributed by atoms with van der Waals surface area (Å²) in [4.78, 5) is 0. The molecule has 3 heteroatoms. The van der Waals surface area contributed by atoms with Gasteiger partial charge in [0.15, 0.2) is 0 Å². The van der Waals surface area contributed by atoms with E-state index in [4.69, 9.17) is 5.26 Å². The second kappa shape index (κ2) is 10.9. The third-order valence-electron chi connectivity index (χ3n) is 7.42. The molecule has 158 valence electrons. The van der Waals surface area contributed by atoms with Crippen LogP contribution < -0.4 is 0 Å². The van der Waals surface area contributed by atoms with Crippen molar-refractivity contribution in [2.24, 2.45) is 17.8 Å². The van der Waals surface area contributed by atoms with E-state index in [1.165, 1.54) is 63.5 Å². The normalized spacial score (nSPS) is 27.8. The molecule has 2 fully saturated rings. The first-order valence-electron chi connectivity index (χ1n) is 11.6. The third kappa shape index (κ3) is 6.14. The van der Waals surface area contributed by atoms with Crippen LogP contribution >= 0.6 is 0 Å². The summed E-state index contributed by atoms with van der Waals surface area (Å²) in [6.07, 6.45) is 19.7. The summed E-state index contributed by atoms with van der Waals surface area (Å²) in [5.74, 6) is 1.41. The Morgan fingerprint density at radius 1 is 0.862 bits per heavy atom. The van der Waals surface area contributed by atoms with Gasteiger partial charge in [0.2, 0.25) is 0 Å². The van der Waals surface area contributed by atoms with Crippen molar-refractivity contribution in [2.75, 3.05) is 0 Å². The van der Waals surface area contributed by atoms with Crippen molar-refractivity contribution in [1.82, 2.24) is 0 Å². The molecule has 3 rings (SSSR count). The Morgan fingerprint density at radius 2 is 1.34 bits per heavy atom. The number of hydrogen-bond donors (Lipinski definition) is 0. The van der Waals surface area contributed by atoms with Crippen LogP contribution in [-0.2, 0) is 0 Å². The monoisotopic (exact) mass is 399 g/mol. The Kier molecular flexibility index (Phi) is 8.28. The number of halogens is 2. The van der Waals surface area contributed by atoms with Crippen LogP contribution in [-0.4, -0.2) is 0 Å². The lowest BCUT2D eigenvalue weighted by molar-refractivity contribution is 0.225. The molecule has 0 atom stereocenters. The van der Waals surface area contributed by atoms with Crippen molar-refractivity contribution in [3.05, 3.63) is 47.0 Å². The van der Waals surface area contributed by atoms with Crippen molar-refractivity contribution in [3.63, 3.8) is 0 Å². The molecular formula is C26H35F2N. The topological polar surface area (TPSA) is 23.8 Å². The van der Waals surface area contributed by atoms with Gasteiger partial charge >= 0.3 is 0 Å². The Balaban J connectivity index is 1.38. The molecule has 29 heavy (non-hydrogen) atoms. The molecule has 0 amide bonds. The number of allylic oxidation sites excluding steroid dienone is 2. The maximum absolute atomic E-state index is 13.9. The molecule has 0 aromatic heterocycles. The quantitative estimate of drug-likeness (QED) is 0.425. The highest BCUT2D eigenvalue weighted by Gasteiger charge is 2.26. The maximum atomic E-state index is 13.9. The average molecular weight is 400 g/mol. The molecule has 1 aromatic carbocycles. The highest BCUT2D eigenvalue weighted by atomic mass is 19.1. The summed E-state index contributed by atoms with van der Waals surface area (Å²) in [6, 6.07) is 4.36. The van der Waals surface area contributed by atoms with E-state index in [0.29, 0.717) is 0 Å². The van der Waals surface area contributed by atoms with Gasteiger partial charge < -0.3 is 0 Å². The largest absolute Gasteiger partial charge is 0.205 e. The van der Waals surface area contributed by atoms with Crippen molar-refractivity contribution in [1.29, 1.82) is 5.26 Å². The molecule has 0 saturated heterocycles. The second-order valence-corrected chi connectivity index (χ2v) is 9.30. The first kappa shape index (κ1) is 22.0. The number of hydrogen-bond acceptors (Lipinski definition) is 1. The summed E-state index contributed by atoms with van der Waals surface area (Å²) < 4.78 is 27.8. The smallest absolute Gasteiger partial charge is 0.144 e. The molecule has 0 radical (unpaired) electrons. The molecule has 2 aliphatic carbocycles. The minimum atomic E-state index is -0.717. The summed E-state index contributed by atoms with van der Waals surface area (Å²) >= 11 is 0. The van der Waals surface area contributed by atoms with Gasteiger partial charge in [-0.2, -0.15) is 5.26 Å². The van der Waals surface area contributed by atoms with Gasteiger partial charge in [-0.05, 0) is 86.8 Å². The molecule has 2 aliphatic rings. The molecule has 1 aromatic rings. The summed E-state index contributed by atoms with van der Waals surface area (Å²) in [5.41, 5.74) is 0.271. The van der Waals surface area contributed by atoms with Crippen molar-refractivity contribution >= 4 is 0 Å². The molecule has 0 spiro atoms. The van der Waals surface area contributed by atoms with Crippen molar-refractivity contribution in [3.8, 4) is 6.07 Å². The van der Waals surface area contributed by atoms with Gasteiger partial charge in [0.1, 0.15) is 23.3 Å². The predicted octanol–water partition coefficient (Wildman–Crippen LogP) is 8.05. The fourth-order valence-electron chi connectivity index (χ4n) is 5.50. The zero-order chi connectivity index (χ0) is 20.6. The van der Waals surface area contributed by atoms with E-state index in [9.17, 15) is 8.78 Å². The van der Waals surface area contributed by atoms with Gasteiger partial charge in [-0.15, -0.1) is 0 Å². The molecule has 0 unspecified atom stereocenters. The minimum Gasteiger partial charge on any atom is -0.205 e. The van der Waals surface area contributed by atoms with Crippen LogP contribution in [0.2, 0.25) is 0 Å². The Bertz CT molecular complexity index is 694. The van der Waals surface area contributed by atoms with Crippen LogP contribution in [0.4, 0.5) is 8.78 Å². The van der Waals surface area contributed by atoms with Crippen molar-refractivity contribution in [2.45, 2.75) is 89.9 Å². The highest BCUT2D eigenvalue weighted by Crippen LogP contribution is 2.40. The maximum Gasteiger partial charge on any atom is 0.144 e. The summed E-state index contributed by atoms with van der Waals surface area (Å²) in [7, 11) is 0. The van der Waals surface area contributed by atoms with Crippen LogP contribution in [0.1, 0.15) is 101 Å². The van der Waals surface area contributed by atoms with Crippen LogP contribution in [0.15, 0.2) is 24.3 Å². The van der Waals surface area contributed by atoms with E-state index < -0.39 is 17.2 Å². The average Bonchev–Trinajstić information content (AvgIpc) is 2.73. The fourth-order valence-corrected chi connectivity index (χ4v) is 5.50. The van der Waals surface area contributed by atoms with Gasteiger partial charge in [-0.1, -0.05) is 50.7 Å². The SMILES string of the molecule is C/C=C/CCC1CCC(CCC2CCC(c3cc(F)c(C#N)c(F)c3)CC2)CC1. The van der Waals surface area contributed by atoms with Crippen LogP contribution in [0.5, 0.6) is 0 Å². The van der Waals surface area contributed by atoms with E-state index in [1.807, 2.05) is 0 Å². The van der Waals surface area contributed by atoms with Crippen molar-refractivity contribution < 1.29 is 8.78 Å². The van der Waals surface area contributed by atoms with E-state index >= 15 is 0 Å². The van der Waals surface area contributed by atoms with Gasteiger partial charge in [0.25, 0.3) is 0 Å².